The lowest BCUT2D eigenvalue weighted by atomic mass is 10.2. The number of carbonyl (C=O) groups is 1. The van der Waals surface area contributed by atoms with Crippen LogP contribution in [-0.4, -0.2) is 11.2 Å². The Morgan fingerprint density at radius 3 is 2.62 bits per heavy atom. The van der Waals surface area contributed by atoms with Gasteiger partial charge in [0.2, 0.25) is 0 Å². The average Bonchev–Trinajstić information content (AvgIpc) is 2.09. The smallest absolute Gasteiger partial charge is 0.281 e. The monoisotopic (exact) mass is 263 g/mol. The van der Waals surface area contributed by atoms with E-state index in [2.05, 4.69) is 15.9 Å². The van der Waals surface area contributed by atoms with Crippen molar-refractivity contribution in [2.24, 2.45) is 0 Å². The molecule has 0 unspecified atom stereocenters. The second-order valence-corrected chi connectivity index (χ2v) is 3.40. The van der Waals surface area contributed by atoms with Gasteiger partial charge in [-0.05, 0) is 22.0 Å². The average molecular weight is 264 g/mol. The van der Waals surface area contributed by atoms with Crippen molar-refractivity contribution >= 4 is 39.5 Å². The molecule has 1 aromatic carbocycles. The zero-order valence-corrected chi connectivity index (χ0v) is 8.50. The summed E-state index contributed by atoms with van der Waals surface area (Å²) in [5.41, 5.74) is -0.399. The van der Waals surface area contributed by atoms with E-state index in [4.69, 9.17) is 11.6 Å². The molecule has 0 heterocycles. The summed E-state index contributed by atoms with van der Waals surface area (Å²) in [6, 6.07) is 2.65. The Kier molecular flexibility index (Phi) is 3.00. The Bertz CT molecular complexity index is 380. The van der Waals surface area contributed by atoms with E-state index < -0.39 is 4.92 Å². The molecule has 0 bridgehead atoms. The van der Waals surface area contributed by atoms with Crippen LogP contribution in [0.25, 0.3) is 0 Å². The Labute approximate surface area is 86.8 Å². The molecule has 13 heavy (non-hydrogen) atoms. The molecular weight excluding hydrogens is 261 g/mol. The third kappa shape index (κ3) is 1.87. The van der Waals surface area contributed by atoms with E-state index in [1.165, 1.54) is 12.1 Å². The summed E-state index contributed by atoms with van der Waals surface area (Å²) in [6.45, 7) is 0. The molecule has 6 heteroatoms. The first-order chi connectivity index (χ1) is 6.07. The first-order valence-electron chi connectivity index (χ1n) is 3.15. The van der Waals surface area contributed by atoms with Crippen molar-refractivity contribution in [1.82, 2.24) is 0 Å². The van der Waals surface area contributed by atoms with Crippen LogP contribution in [0.4, 0.5) is 5.69 Å². The van der Waals surface area contributed by atoms with Crippen LogP contribution < -0.4 is 0 Å². The summed E-state index contributed by atoms with van der Waals surface area (Å²) >= 11 is 8.72. The molecule has 0 amide bonds. The van der Waals surface area contributed by atoms with E-state index in [1.54, 1.807) is 0 Å². The SMILES string of the molecule is O=Cc1c([N+](=O)[O-])ccc(Br)c1Cl. The number of nitro benzene ring substituents is 1. The standard InChI is InChI=1S/C7H3BrClNO3/c8-5-1-2-6(10(12)13)4(3-11)7(5)9/h1-3H. The van der Waals surface area contributed by atoms with Crippen molar-refractivity contribution in [2.45, 2.75) is 0 Å². The minimum Gasteiger partial charge on any atom is -0.298 e. The quantitative estimate of drug-likeness (QED) is 0.469. The predicted octanol–water partition coefficient (Wildman–Crippen LogP) is 2.82. The fraction of sp³-hybridized carbons (Fsp3) is 0. The van der Waals surface area contributed by atoms with Crippen molar-refractivity contribution in [2.75, 3.05) is 0 Å². The summed E-state index contributed by atoms with van der Waals surface area (Å²) < 4.78 is 0.460. The first-order valence-corrected chi connectivity index (χ1v) is 4.32. The number of halogens is 2. The Balaban J connectivity index is 3.47. The largest absolute Gasteiger partial charge is 0.298 e. The van der Waals surface area contributed by atoms with Gasteiger partial charge in [0.05, 0.1) is 9.95 Å². The Morgan fingerprint density at radius 2 is 2.15 bits per heavy atom. The molecular formula is C7H3BrClNO3. The lowest BCUT2D eigenvalue weighted by Gasteiger charge is -1.99. The lowest BCUT2D eigenvalue weighted by molar-refractivity contribution is -0.385. The molecule has 0 aliphatic heterocycles. The van der Waals surface area contributed by atoms with Gasteiger partial charge in [0.25, 0.3) is 5.69 Å². The van der Waals surface area contributed by atoms with Crippen LogP contribution in [0, 0.1) is 10.1 Å². The molecule has 0 aliphatic rings. The van der Waals surface area contributed by atoms with Gasteiger partial charge in [-0.2, -0.15) is 0 Å². The Morgan fingerprint density at radius 1 is 1.54 bits per heavy atom. The van der Waals surface area contributed by atoms with E-state index in [1.807, 2.05) is 0 Å². The summed E-state index contributed by atoms with van der Waals surface area (Å²) in [6.07, 6.45) is 0.366. The highest BCUT2D eigenvalue weighted by Crippen LogP contribution is 2.31. The van der Waals surface area contributed by atoms with Crippen molar-refractivity contribution in [3.63, 3.8) is 0 Å². The number of aldehydes is 1. The zero-order valence-electron chi connectivity index (χ0n) is 6.16. The van der Waals surface area contributed by atoms with Gasteiger partial charge in [-0.15, -0.1) is 0 Å². The molecule has 0 saturated carbocycles. The molecule has 4 nitrogen and oxygen atoms in total. The normalized spacial score (nSPS) is 9.69. The fourth-order valence-corrected chi connectivity index (χ4v) is 1.38. The maximum absolute atomic E-state index is 10.5. The number of nitrogens with zero attached hydrogens (tertiary/aromatic N) is 1. The molecule has 0 atom stereocenters. The molecule has 0 radical (unpaired) electrons. The van der Waals surface area contributed by atoms with Crippen LogP contribution in [0.15, 0.2) is 16.6 Å². The summed E-state index contributed by atoms with van der Waals surface area (Å²) in [5, 5.41) is 10.5. The zero-order chi connectivity index (χ0) is 10.0. The number of hydrogen-bond acceptors (Lipinski definition) is 3. The number of hydrogen-bond donors (Lipinski definition) is 0. The van der Waals surface area contributed by atoms with Crippen molar-refractivity contribution in [1.29, 1.82) is 0 Å². The lowest BCUT2D eigenvalue weighted by Crippen LogP contribution is -1.95. The van der Waals surface area contributed by atoms with Gasteiger partial charge < -0.3 is 0 Å². The van der Waals surface area contributed by atoms with Crippen LogP contribution in [0.3, 0.4) is 0 Å². The predicted molar refractivity (Wildman–Crippen MR) is 51.2 cm³/mol. The number of carbonyl (C=O) groups excluding carboxylic acids is 1. The van der Waals surface area contributed by atoms with Crippen LogP contribution >= 0.6 is 27.5 Å². The highest BCUT2D eigenvalue weighted by molar-refractivity contribution is 9.10. The van der Waals surface area contributed by atoms with Crippen LogP contribution in [0.1, 0.15) is 10.4 Å². The maximum atomic E-state index is 10.5. The van der Waals surface area contributed by atoms with Gasteiger partial charge in [-0.25, -0.2) is 0 Å². The molecule has 0 aliphatic carbocycles. The van der Waals surface area contributed by atoms with Crippen molar-refractivity contribution in [3.05, 3.63) is 37.3 Å². The summed E-state index contributed by atoms with van der Waals surface area (Å²) in [7, 11) is 0. The van der Waals surface area contributed by atoms with E-state index in [-0.39, 0.29) is 16.3 Å². The van der Waals surface area contributed by atoms with Crippen LogP contribution in [-0.2, 0) is 0 Å². The highest BCUT2D eigenvalue weighted by atomic mass is 79.9. The van der Waals surface area contributed by atoms with Crippen LogP contribution in [0.5, 0.6) is 0 Å². The fourth-order valence-electron chi connectivity index (χ4n) is 0.827. The topological polar surface area (TPSA) is 60.2 Å². The molecule has 1 rings (SSSR count). The summed E-state index contributed by atoms with van der Waals surface area (Å²) in [5.74, 6) is 0. The van der Waals surface area contributed by atoms with E-state index in [0.717, 1.165) is 0 Å². The molecule has 0 N–H and O–H groups in total. The second-order valence-electron chi connectivity index (χ2n) is 2.17. The third-order valence-electron chi connectivity index (χ3n) is 1.42. The minimum absolute atomic E-state index is 0.0594. The van der Waals surface area contributed by atoms with E-state index in [9.17, 15) is 14.9 Å². The number of benzene rings is 1. The number of nitro groups is 1. The van der Waals surface area contributed by atoms with Gasteiger partial charge in [0, 0.05) is 10.5 Å². The maximum Gasteiger partial charge on any atom is 0.281 e. The molecule has 0 aromatic heterocycles. The van der Waals surface area contributed by atoms with Gasteiger partial charge in [-0.3, -0.25) is 14.9 Å². The molecule has 0 fully saturated rings. The van der Waals surface area contributed by atoms with Crippen molar-refractivity contribution < 1.29 is 9.72 Å². The van der Waals surface area contributed by atoms with Crippen molar-refractivity contribution in [3.8, 4) is 0 Å². The van der Waals surface area contributed by atoms with Gasteiger partial charge in [0.1, 0.15) is 5.56 Å². The van der Waals surface area contributed by atoms with Gasteiger partial charge in [-0.1, -0.05) is 11.6 Å². The molecule has 1 aromatic rings. The van der Waals surface area contributed by atoms with Gasteiger partial charge >= 0.3 is 0 Å². The Hall–Kier alpha value is -0.940. The molecule has 68 valence electrons. The van der Waals surface area contributed by atoms with E-state index >= 15 is 0 Å². The van der Waals surface area contributed by atoms with Gasteiger partial charge in [0.15, 0.2) is 6.29 Å². The van der Waals surface area contributed by atoms with E-state index in [0.29, 0.717) is 10.8 Å². The molecule has 0 saturated heterocycles. The van der Waals surface area contributed by atoms with Crippen LogP contribution in [0.2, 0.25) is 5.02 Å². The minimum atomic E-state index is -0.651. The third-order valence-corrected chi connectivity index (χ3v) is 2.72. The summed E-state index contributed by atoms with van der Waals surface area (Å²) in [4.78, 5) is 20.3. The first kappa shape index (κ1) is 10.1. The second kappa shape index (κ2) is 3.85. The molecule has 0 spiro atoms. The highest BCUT2D eigenvalue weighted by Gasteiger charge is 2.17. The number of rotatable bonds is 2.